The number of nitrogens with zero attached hydrogens (tertiary/aromatic N) is 3. The van der Waals surface area contributed by atoms with Crippen LogP contribution in [0.4, 0.5) is 5.69 Å². The van der Waals surface area contributed by atoms with Gasteiger partial charge in [0.15, 0.2) is 0 Å². The Balaban J connectivity index is 1.86. The van der Waals surface area contributed by atoms with Gasteiger partial charge in [-0.3, -0.25) is 4.79 Å². The van der Waals surface area contributed by atoms with Crippen LogP contribution in [0.15, 0.2) is 54.1 Å². The molecule has 1 N–H and O–H groups in total. The van der Waals surface area contributed by atoms with E-state index in [4.69, 9.17) is 16.3 Å². The van der Waals surface area contributed by atoms with E-state index in [1.807, 2.05) is 37.3 Å². The number of aryl methyl sites for hydroxylation is 2. The standard InChI is InChI=1S/C23H21ClN4O2/c1-15-8-10-17(11-9-15)14-28-22(24)19(16(2)27-28)12-18(13-25)23(29)26-20-6-4-5-7-21(20)30-3/h4-12H,14H2,1-3H3,(H,26,29)/b18-12+. The van der Waals surface area contributed by atoms with Gasteiger partial charge in [-0.25, -0.2) is 4.68 Å². The molecule has 152 valence electrons. The van der Waals surface area contributed by atoms with Crippen molar-refractivity contribution in [1.82, 2.24) is 9.78 Å². The minimum atomic E-state index is -0.552. The first-order chi connectivity index (χ1) is 14.4. The van der Waals surface area contributed by atoms with Crippen molar-refractivity contribution in [3.05, 3.63) is 81.6 Å². The molecular formula is C23H21ClN4O2. The van der Waals surface area contributed by atoms with E-state index >= 15 is 0 Å². The van der Waals surface area contributed by atoms with Gasteiger partial charge in [-0.1, -0.05) is 53.6 Å². The van der Waals surface area contributed by atoms with Gasteiger partial charge in [0, 0.05) is 5.56 Å². The Labute approximate surface area is 180 Å². The number of carbonyl (C=O) groups excluding carboxylic acids is 1. The maximum absolute atomic E-state index is 12.6. The Bertz CT molecular complexity index is 1140. The number of anilines is 1. The predicted octanol–water partition coefficient (Wildman–Crippen LogP) is 4.76. The van der Waals surface area contributed by atoms with E-state index in [2.05, 4.69) is 10.4 Å². The first-order valence-electron chi connectivity index (χ1n) is 9.27. The Hall–Kier alpha value is -3.56. The van der Waals surface area contributed by atoms with Crippen LogP contribution in [-0.4, -0.2) is 22.8 Å². The van der Waals surface area contributed by atoms with Crippen LogP contribution in [0.2, 0.25) is 5.15 Å². The molecule has 6 nitrogen and oxygen atoms in total. The molecule has 1 aromatic heterocycles. The van der Waals surface area contributed by atoms with E-state index in [9.17, 15) is 10.1 Å². The monoisotopic (exact) mass is 420 g/mol. The van der Waals surface area contributed by atoms with Crippen LogP contribution < -0.4 is 10.1 Å². The maximum atomic E-state index is 12.6. The largest absolute Gasteiger partial charge is 0.495 e. The van der Waals surface area contributed by atoms with Gasteiger partial charge in [0.05, 0.1) is 25.0 Å². The van der Waals surface area contributed by atoms with Gasteiger partial charge in [-0.2, -0.15) is 10.4 Å². The molecule has 1 amide bonds. The van der Waals surface area contributed by atoms with E-state index in [0.717, 1.165) is 5.56 Å². The van der Waals surface area contributed by atoms with Crippen molar-refractivity contribution in [2.45, 2.75) is 20.4 Å². The molecule has 30 heavy (non-hydrogen) atoms. The fourth-order valence-electron chi connectivity index (χ4n) is 2.93. The molecule has 0 saturated carbocycles. The average molecular weight is 421 g/mol. The third-order valence-electron chi connectivity index (χ3n) is 4.57. The highest BCUT2D eigenvalue weighted by atomic mass is 35.5. The number of nitriles is 1. The number of ether oxygens (including phenoxy) is 1. The van der Waals surface area contributed by atoms with Crippen molar-refractivity contribution in [2.24, 2.45) is 0 Å². The summed E-state index contributed by atoms with van der Waals surface area (Å²) in [6.07, 6.45) is 1.46. The molecule has 1 heterocycles. The minimum Gasteiger partial charge on any atom is -0.495 e. The topological polar surface area (TPSA) is 79.9 Å². The Morgan fingerprint density at radius 1 is 1.23 bits per heavy atom. The number of nitrogens with one attached hydrogen (secondary N) is 1. The molecule has 2 aromatic carbocycles. The second kappa shape index (κ2) is 9.29. The summed E-state index contributed by atoms with van der Waals surface area (Å²) in [4.78, 5) is 12.6. The molecular weight excluding hydrogens is 400 g/mol. The lowest BCUT2D eigenvalue weighted by molar-refractivity contribution is -0.112. The summed E-state index contributed by atoms with van der Waals surface area (Å²) >= 11 is 6.52. The zero-order valence-electron chi connectivity index (χ0n) is 16.9. The lowest BCUT2D eigenvalue weighted by atomic mass is 10.1. The minimum absolute atomic E-state index is 0.0826. The fraction of sp³-hybridized carbons (Fsp3) is 0.174. The average Bonchev–Trinajstić information content (AvgIpc) is 3.00. The van der Waals surface area contributed by atoms with Crippen molar-refractivity contribution < 1.29 is 9.53 Å². The van der Waals surface area contributed by atoms with Crippen LogP contribution in [0.1, 0.15) is 22.4 Å². The fourth-order valence-corrected chi connectivity index (χ4v) is 3.22. The number of rotatable bonds is 6. The number of hydrogen-bond acceptors (Lipinski definition) is 4. The van der Waals surface area contributed by atoms with Gasteiger partial charge < -0.3 is 10.1 Å². The van der Waals surface area contributed by atoms with E-state index in [-0.39, 0.29) is 5.57 Å². The highest BCUT2D eigenvalue weighted by Crippen LogP contribution is 2.26. The summed E-state index contributed by atoms with van der Waals surface area (Å²) in [5.41, 5.74) is 3.78. The first-order valence-corrected chi connectivity index (χ1v) is 9.65. The highest BCUT2D eigenvalue weighted by molar-refractivity contribution is 6.31. The SMILES string of the molecule is COc1ccccc1NC(=O)/C(C#N)=C/c1c(C)nn(Cc2ccc(C)cc2)c1Cl. The number of benzene rings is 2. The number of halogens is 1. The Morgan fingerprint density at radius 3 is 2.60 bits per heavy atom. The van der Waals surface area contributed by atoms with Crippen molar-refractivity contribution >= 4 is 29.3 Å². The van der Waals surface area contributed by atoms with E-state index in [1.54, 1.807) is 35.9 Å². The molecule has 0 unspecified atom stereocenters. The molecule has 0 radical (unpaired) electrons. The van der Waals surface area contributed by atoms with Gasteiger partial charge >= 0.3 is 0 Å². The smallest absolute Gasteiger partial charge is 0.266 e. The third-order valence-corrected chi connectivity index (χ3v) is 4.97. The van der Waals surface area contributed by atoms with Gasteiger partial charge in [-0.15, -0.1) is 0 Å². The summed E-state index contributed by atoms with van der Waals surface area (Å²) < 4.78 is 6.89. The Kier molecular flexibility index (Phi) is 6.55. The van der Waals surface area contributed by atoms with Gasteiger partial charge in [0.25, 0.3) is 5.91 Å². The third kappa shape index (κ3) is 4.70. The summed E-state index contributed by atoms with van der Waals surface area (Å²) in [7, 11) is 1.51. The normalized spacial score (nSPS) is 11.1. The number of hydrogen-bond donors (Lipinski definition) is 1. The molecule has 0 fully saturated rings. The van der Waals surface area contributed by atoms with Crippen LogP contribution in [-0.2, 0) is 11.3 Å². The predicted molar refractivity (Wildman–Crippen MR) is 117 cm³/mol. The molecule has 7 heteroatoms. The van der Waals surface area contributed by atoms with E-state index in [1.165, 1.54) is 18.7 Å². The molecule has 0 aliphatic carbocycles. The Morgan fingerprint density at radius 2 is 1.93 bits per heavy atom. The summed E-state index contributed by atoms with van der Waals surface area (Å²) in [5, 5.41) is 17.1. The van der Waals surface area contributed by atoms with Gasteiger partial charge in [-0.05, 0) is 37.6 Å². The number of aromatic nitrogens is 2. The van der Waals surface area contributed by atoms with Crippen molar-refractivity contribution in [2.75, 3.05) is 12.4 Å². The van der Waals surface area contributed by atoms with Gasteiger partial charge in [0.2, 0.25) is 0 Å². The maximum Gasteiger partial charge on any atom is 0.266 e. The van der Waals surface area contributed by atoms with E-state index < -0.39 is 5.91 Å². The second-order valence-electron chi connectivity index (χ2n) is 6.76. The van der Waals surface area contributed by atoms with Crippen LogP contribution in [0, 0.1) is 25.2 Å². The second-order valence-corrected chi connectivity index (χ2v) is 7.12. The molecule has 0 atom stereocenters. The number of amides is 1. The summed E-state index contributed by atoms with van der Waals surface area (Å²) in [6, 6.07) is 17.0. The van der Waals surface area contributed by atoms with Crippen LogP contribution in [0.25, 0.3) is 6.08 Å². The van der Waals surface area contributed by atoms with Crippen LogP contribution in [0.3, 0.4) is 0 Å². The van der Waals surface area contributed by atoms with Crippen LogP contribution >= 0.6 is 11.6 Å². The molecule has 0 spiro atoms. The van der Waals surface area contributed by atoms with Crippen molar-refractivity contribution in [3.8, 4) is 11.8 Å². The lowest BCUT2D eigenvalue weighted by Gasteiger charge is -2.09. The van der Waals surface area contributed by atoms with Crippen molar-refractivity contribution in [1.29, 1.82) is 5.26 Å². The summed E-state index contributed by atoms with van der Waals surface area (Å²) in [6.45, 7) is 4.30. The molecule has 0 aliphatic heterocycles. The first kappa shape index (κ1) is 21.2. The molecule has 0 saturated heterocycles. The lowest BCUT2D eigenvalue weighted by Crippen LogP contribution is -2.14. The number of methoxy groups -OCH3 is 1. The quantitative estimate of drug-likeness (QED) is 0.460. The number of para-hydroxylation sites is 2. The van der Waals surface area contributed by atoms with Crippen molar-refractivity contribution in [3.63, 3.8) is 0 Å². The van der Waals surface area contributed by atoms with Gasteiger partial charge in [0.1, 0.15) is 22.5 Å². The van der Waals surface area contributed by atoms with Crippen LogP contribution in [0.5, 0.6) is 5.75 Å². The molecule has 3 aromatic rings. The molecule has 0 aliphatic rings. The van der Waals surface area contributed by atoms with E-state index in [0.29, 0.717) is 34.4 Å². The zero-order chi connectivity index (χ0) is 21.7. The molecule has 0 bridgehead atoms. The molecule has 3 rings (SSSR count). The summed E-state index contributed by atoms with van der Waals surface area (Å²) in [5.74, 6) is -0.0491. The highest BCUT2D eigenvalue weighted by Gasteiger charge is 2.17. The number of carbonyl (C=O) groups is 1. The zero-order valence-corrected chi connectivity index (χ0v) is 17.7.